The molecule has 0 radical (unpaired) electrons. The summed E-state index contributed by atoms with van der Waals surface area (Å²) in [5.74, 6) is 3.57. The second kappa shape index (κ2) is 10.2. The van der Waals surface area contributed by atoms with E-state index in [0.717, 1.165) is 19.5 Å². The highest BCUT2D eigenvalue weighted by Gasteiger charge is 2.10. The molecular formula is C17H28FNS. The molecule has 20 heavy (non-hydrogen) atoms. The van der Waals surface area contributed by atoms with Gasteiger partial charge in [0.2, 0.25) is 0 Å². The summed E-state index contributed by atoms with van der Waals surface area (Å²) in [5.41, 5.74) is 1.24. The average molecular weight is 297 g/mol. The van der Waals surface area contributed by atoms with Gasteiger partial charge in [-0.1, -0.05) is 32.9 Å². The van der Waals surface area contributed by atoms with Crippen molar-refractivity contribution in [2.45, 2.75) is 33.6 Å². The highest BCUT2D eigenvalue weighted by molar-refractivity contribution is 7.99. The van der Waals surface area contributed by atoms with Crippen molar-refractivity contribution in [1.82, 2.24) is 5.32 Å². The molecule has 0 heterocycles. The van der Waals surface area contributed by atoms with Crippen LogP contribution in [-0.4, -0.2) is 24.6 Å². The number of halogens is 1. The third-order valence-corrected chi connectivity index (χ3v) is 4.23. The Kier molecular flexibility index (Phi) is 8.95. The fourth-order valence-electron chi connectivity index (χ4n) is 2.20. The van der Waals surface area contributed by atoms with Crippen molar-refractivity contribution < 1.29 is 4.39 Å². The lowest BCUT2D eigenvalue weighted by Crippen LogP contribution is -2.28. The van der Waals surface area contributed by atoms with E-state index in [9.17, 15) is 4.39 Å². The Hall–Kier alpha value is -0.540. The Morgan fingerprint density at radius 2 is 1.85 bits per heavy atom. The van der Waals surface area contributed by atoms with Crippen LogP contribution >= 0.6 is 11.8 Å². The van der Waals surface area contributed by atoms with Gasteiger partial charge < -0.3 is 5.32 Å². The van der Waals surface area contributed by atoms with Crippen LogP contribution in [0.25, 0.3) is 0 Å². The van der Waals surface area contributed by atoms with E-state index >= 15 is 0 Å². The number of nitrogens with one attached hydrogen (secondary N) is 1. The van der Waals surface area contributed by atoms with E-state index in [1.165, 1.54) is 23.5 Å². The molecule has 1 N–H and O–H groups in total. The van der Waals surface area contributed by atoms with Gasteiger partial charge in [-0.05, 0) is 67.0 Å². The molecule has 0 amide bonds. The summed E-state index contributed by atoms with van der Waals surface area (Å²) in [6.07, 6.45) is 2.26. The summed E-state index contributed by atoms with van der Waals surface area (Å²) >= 11 is 2.00. The summed E-state index contributed by atoms with van der Waals surface area (Å²) < 4.78 is 12.9. The topological polar surface area (TPSA) is 12.0 Å². The highest BCUT2D eigenvalue weighted by atomic mass is 32.2. The second-order valence-corrected chi connectivity index (χ2v) is 7.13. The monoisotopic (exact) mass is 297 g/mol. The molecule has 1 unspecified atom stereocenters. The third-order valence-electron chi connectivity index (χ3n) is 3.30. The molecule has 1 aromatic rings. The van der Waals surface area contributed by atoms with E-state index in [0.29, 0.717) is 11.8 Å². The molecule has 1 aromatic carbocycles. The summed E-state index contributed by atoms with van der Waals surface area (Å²) in [7, 11) is 0. The van der Waals surface area contributed by atoms with Gasteiger partial charge in [-0.2, -0.15) is 11.8 Å². The van der Waals surface area contributed by atoms with Gasteiger partial charge in [-0.3, -0.25) is 0 Å². The Balaban J connectivity index is 2.45. The molecule has 0 saturated heterocycles. The van der Waals surface area contributed by atoms with Crippen LogP contribution in [0.4, 0.5) is 4.39 Å². The van der Waals surface area contributed by atoms with Crippen LogP contribution < -0.4 is 5.32 Å². The normalized spacial score (nSPS) is 12.8. The van der Waals surface area contributed by atoms with Crippen molar-refractivity contribution in [3.05, 3.63) is 35.6 Å². The van der Waals surface area contributed by atoms with E-state index in [1.54, 1.807) is 12.1 Å². The van der Waals surface area contributed by atoms with Crippen LogP contribution in [0.15, 0.2) is 24.3 Å². The van der Waals surface area contributed by atoms with Crippen LogP contribution in [0, 0.1) is 17.7 Å². The van der Waals surface area contributed by atoms with Crippen LogP contribution in [0.3, 0.4) is 0 Å². The minimum Gasteiger partial charge on any atom is -0.316 e. The molecule has 3 heteroatoms. The van der Waals surface area contributed by atoms with Crippen molar-refractivity contribution >= 4 is 11.8 Å². The van der Waals surface area contributed by atoms with Crippen molar-refractivity contribution in [2.24, 2.45) is 11.8 Å². The molecule has 114 valence electrons. The first kappa shape index (κ1) is 17.5. The van der Waals surface area contributed by atoms with E-state index < -0.39 is 0 Å². The first-order valence-electron chi connectivity index (χ1n) is 7.64. The number of benzene rings is 1. The van der Waals surface area contributed by atoms with Gasteiger partial charge >= 0.3 is 0 Å². The Labute approximate surface area is 127 Å². The highest BCUT2D eigenvalue weighted by Crippen LogP contribution is 2.16. The summed E-state index contributed by atoms with van der Waals surface area (Å²) in [6, 6.07) is 6.96. The molecule has 0 saturated carbocycles. The van der Waals surface area contributed by atoms with Gasteiger partial charge in [-0.15, -0.1) is 0 Å². The Morgan fingerprint density at radius 1 is 1.15 bits per heavy atom. The molecule has 0 bridgehead atoms. The number of rotatable bonds is 10. The minimum atomic E-state index is -0.148. The molecule has 0 spiro atoms. The van der Waals surface area contributed by atoms with E-state index in [4.69, 9.17) is 0 Å². The Morgan fingerprint density at radius 3 is 2.45 bits per heavy atom. The fraction of sp³-hybridized carbons (Fsp3) is 0.647. The SMILES string of the molecule is CCSCCC(CNCC(C)C)Cc1ccc(F)cc1. The maximum absolute atomic E-state index is 12.9. The zero-order chi connectivity index (χ0) is 14.8. The molecule has 0 aliphatic carbocycles. The minimum absolute atomic E-state index is 0.148. The van der Waals surface area contributed by atoms with E-state index in [1.807, 2.05) is 23.9 Å². The van der Waals surface area contributed by atoms with Gasteiger partial charge in [0.15, 0.2) is 0 Å². The zero-order valence-electron chi connectivity index (χ0n) is 13.0. The van der Waals surface area contributed by atoms with Gasteiger partial charge in [0.05, 0.1) is 0 Å². The van der Waals surface area contributed by atoms with Crippen LogP contribution in [-0.2, 0) is 6.42 Å². The molecule has 0 aliphatic rings. The van der Waals surface area contributed by atoms with Gasteiger partial charge in [0.25, 0.3) is 0 Å². The average Bonchev–Trinajstić information content (AvgIpc) is 2.41. The maximum Gasteiger partial charge on any atom is 0.123 e. The zero-order valence-corrected chi connectivity index (χ0v) is 13.8. The van der Waals surface area contributed by atoms with Gasteiger partial charge in [-0.25, -0.2) is 4.39 Å². The molecule has 1 nitrogen and oxygen atoms in total. The van der Waals surface area contributed by atoms with Gasteiger partial charge in [0, 0.05) is 0 Å². The quantitative estimate of drug-likeness (QED) is 0.643. The molecule has 1 rings (SSSR count). The summed E-state index contributed by atoms with van der Waals surface area (Å²) in [6.45, 7) is 8.79. The first-order valence-corrected chi connectivity index (χ1v) is 8.80. The van der Waals surface area contributed by atoms with Crippen LogP contribution in [0.5, 0.6) is 0 Å². The number of thioether (sulfide) groups is 1. The first-order chi connectivity index (χ1) is 9.61. The number of hydrogen-bond donors (Lipinski definition) is 1. The van der Waals surface area contributed by atoms with Crippen molar-refractivity contribution in [2.75, 3.05) is 24.6 Å². The second-order valence-electron chi connectivity index (χ2n) is 5.73. The molecule has 0 fully saturated rings. The van der Waals surface area contributed by atoms with Gasteiger partial charge in [0.1, 0.15) is 5.82 Å². The fourth-order valence-corrected chi connectivity index (χ4v) is 2.99. The predicted octanol–water partition coefficient (Wildman–Crippen LogP) is 4.37. The lowest BCUT2D eigenvalue weighted by atomic mass is 9.96. The smallest absolute Gasteiger partial charge is 0.123 e. The maximum atomic E-state index is 12.9. The standard InChI is InChI=1S/C17H28FNS/c1-4-20-10-9-16(13-19-12-14(2)3)11-15-5-7-17(18)8-6-15/h5-8,14,16,19H,4,9-13H2,1-3H3. The number of hydrogen-bond acceptors (Lipinski definition) is 2. The van der Waals surface area contributed by atoms with E-state index in [-0.39, 0.29) is 5.82 Å². The third kappa shape index (κ3) is 7.91. The lowest BCUT2D eigenvalue weighted by Gasteiger charge is -2.18. The van der Waals surface area contributed by atoms with Crippen molar-refractivity contribution in [3.8, 4) is 0 Å². The van der Waals surface area contributed by atoms with Crippen molar-refractivity contribution in [1.29, 1.82) is 0 Å². The molecule has 1 atom stereocenters. The summed E-state index contributed by atoms with van der Waals surface area (Å²) in [4.78, 5) is 0. The molecular weight excluding hydrogens is 269 g/mol. The van der Waals surface area contributed by atoms with Crippen LogP contribution in [0.2, 0.25) is 0 Å². The predicted molar refractivity (Wildman–Crippen MR) is 88.9 cm³/mol. The largest absolute Gasteiger partial charge is 0.316 e. The summed E-state index contributed by atoms with van der Waals surface area (Å²) in [5, 5.41) is 3.56. The van der Waals surface area contributed by atoms with Crippen LogP contribution in [0.1, 0.15) is 32.8 Å². The lowest BCUT2D eigenvalue weighted by molar-refractivity contribution is 0.439. The van der Waals surface area contributed by atoms with Crippen molar-refractivity contribution in [3.63, 3.8) is 0 Å². The molecule has 0 aromatic heterocycles. The Bertz CT molecular complexity index is 351. The van der Waals surface area contributed by atoms with E-state index in [2.05, 4.69) is 26.1 Å². The molecule has 0 aliphatic heterocycles.